The van der Waals surface area contributed by atoms with E-state index in [1.807, 2.05) is 0 Å². The molecule has 3 nitrogen and oxygen atoms in total. The van der Waals surface area contributed by atoms with Gasteiger partial charge in [-0.15, -0.1) is 0 Å². The molecule has 0 aromatic rings. The van der Waals surface area contributed by atoms with Crippen molar-refractivity contribution in [2.24, 2.45) is 28.9 Å². The van der Waals surface area contributed by atoms with Crippen molar-refractivity contribution in [1.82, 2.24) is 0 Å². The summed E-state index contributed by atoms with van der Waals surface area (Å²) in [5, 5.41) is 8.96. The van der Waals surface area contributed by atoms with Crippen molar-refractivity contribution in [3.8, 4) is 0 Å². The predicted octanol–water partition coefficient (Wildman–Crippen LogP) is 2.03. The highest BCUT2D eigenvalue weighted by atomic mass is 16.4. The molecule has 16 heavy (non-hydrogen) atoms. The number of carbonyl (C=O) groups is 1. The van der Waals surface area contributed by atoms with E-state index in [2.05, 4.69) is 19.9 Å². The standard InChI is InChI=1S/C13H21NO2/c1-8(2)9-3-10-5-13(7-14,6-12(15)16)11(10)4-9/h4,8,10-11H,3,5-7,14H2,1-2H3,(H,15,16)/t10-,11-,13-/m1/s1. The Bertz CT molecular complexity index is 335. The maximum atomic E-state index is 10.9. The van der Waals surface area contributed by atoms with Crippen LogP contribution in [0.5, 0.6) is 0 Å². The summed E-state index contributed by atoms with van der Waals surface area (Å²) in [5.41, 5.74) is 7.15. The molecule has 90 valence electrons. The van der Waals surface area contributed by atoms with E-state index in [4.69, 9.17) is 10.8 Å². The van der Waals surface area contributed by atoms with Gasteiger partial charge in [-0.2, -0.15) is 0 Å². The van der Waals surface area contributed by atoms with E-state index in [-0.39, 0.29) is 11.8 Å². The molecule has 0 spiro atoms. The molecule has 0 bridgehead atoms. The van der Waals surface area contributed by atoms with Gasteiger partial charge in [-0.3, -0.25) is 4.79 Å². The molecule has 0 amide bonds. The molecule has 0 radical (unpaired) electrons. The van der Waals surface area contributed by atoms with Crippen LogP contribution in [0, 0.1) is 23.2 Å². The van der Waals surface area contributed by atoms with Gasteiger partial charge >= 0.3 is 5.97 Å². The summed E-state index contributed by atoms with van der Waals surface area (Å²) < 4.78 is 0. The Hall–Kier alpha value is -0.830. The molecule has 3 N–H and O–H groups in total. The van der Waals surface area contributed by atoms with E-state index in [0.717, 1.165) is 12.8 Å². The molecule has 0 heterocycles. The van der Waals surface area contributed by atoms with Crippen LogP contribution in [0.2, 0.25) is 0 Å². The number of rotatable bonds is 4. The molecule has 3 atom stereocenters. The minimum absolute atomic E-state index is 0.146. The van der Waals surface area contributed by atoms with Gasteiger partial charge in [0.1, 0.15) is 0 Å². The van der Waals surface area contributed by atoms with Gasteiger partial charge in [0.15, 0.2) is 0 Å². The molecule has 0 aromatic carbocycles. The number of hydrogen-bond donors (Lipinski definition) is 2. The van der Waals surface area contributed by atoms with Crippen LogP contribution in [0.1, 0.15) is 33.1 Å². The van der Waals surface area contributed by atoms with Crippen molar-refractivity contribution in [3.63, 3.8) is 0 Å². The Morgan fingerprint density at radius 1 is 1.69 bits per heavy atom. The molecule has 2 aliphatic rings. The average molecular weight is 223 g/mol. The third-order valence-corrected chi connectivity index (χ3v) is 4.43. The highest BCUT2D eigenvalue weighted by Crippen LogP contribution is 2.59. The van der Waals surface area contributed by atoms with Crippen molar-refractivity contribution >= 4 is 5.97 Å². The van der Waals surface area contributed by atoms with Crippen LogP contribution in [-0.2, 0) is 4.79 Å². The van der Waals surface area contributed by atoms with Crippen LogP contribution in [0.25, 0.3) is 0 Å². The van der Waals surface area contributed by atoms with Crippen molar-refractivity contribution in [3.05, 3.63) is 11.6 Å². The zero-order valence-electron chi connectivity index (χ0n) is 10.1. The van der Waals surface area contributed by atoms with Crippen LogP contribution in [0.15, 0.2) is 11.6 Å². The van der Waals surface area contributed by atoms with Crippen molar-refractivity contribution in [2.45, 2.75) is 33.1 Å². The van der Waals surface area contributed by atoms with E-state index in [1.54, 1.807) is 0 Å². The second-order valence-corrected chi connectivity index (χ2v) is 5.73. The lowest BCUT2D eigenvalue weighted by atomic mass is 9.53. The number of hydrogen-bond acceptors (Lipinski definition) is 2. The number of aliphatic carboxylic acids is 1. The molecular weight excluding hydrogens is 202 g/mol. The monoisotopic (exact) mass is 223 g/mol. The van der Waals surface area contributed by atoms with Gasteiger partial charge < -0.3 is 10.8 Å². The van der Waals surface area contributed by atoms with E-state index < -0.39 is 5.97 Å². The molecule has 2 aliphatic carbocycles. The van der Waals surface area contributed by atoms with Crippen LogP contribution < -0.4 is 5.73 Å². The third-order valence-electron chi connectivity index (χ3n) is 4.43. The number of carboxylic acid groups (broad SMARTS) is 1. The van der Waals surface area contributed by atoms with Gasteiger partial charge in [-0.1, -0.05) is 25.5 Å². The van der Waals surface area contributed by atoms with Crippen molar-refractivity contribution in [2.75, 3.05) is 6.54 Å². The predicted molar refractivity (Wildman–Crippen MR) is 62.9 cm³/mol. The lowest BCUT2D eigenvalue weighted by Crippen LogP contribution is -2.51. The summed E-state index contributed by atoms with van der Waals surface area (Å²) in [6.07, 6.45) is 4.69. The first kappa shape index (κ1) is 11.6. The second kappa shape index (κ2) is 3.88. The molecule has 2 rings (SSSR count). The number of allylic oxidation sites excluding steroid dienone is 2. The van der Waals surface area contributed by atoms with Crippen LogP contribution in [-0.4, -0.2) is 17.6 Å². The Morgan fingerprint density at radius 3 is 2.88 bits per heavy atom. The number of fused-ring (bicyclic) bond motifs is 1. The highest BCUT2D eigenvalue weighted by molar-refractivity contribution is 5.68. The fraction of sp³-hybridized carbons (Fsp3) is 0.769. The number of nitrogens with two attached hydrogens (primary N) is 1. The molecular formula is C13H21NO2. The second-order valence-electron chi connectivity index (χ2n) is 5.73. The van der Waals surface area contributed by atoms with E-state index in [9.17, 15) is 4.79 Å². The Balaban J connectivity index is 2.13. The Labute approximate surface area is 96.7 Å². The Morgan fingerprint density at radius 2 is 2.38 bits per heavy atom. The summed E-state index contributed by atoms with van der Waals surface area (Å²) in [4.78, 5) is 10.9. The van der Waals surface area contributed by atoms with Gasteiger partial charge in [-0.25, -0.2) is 0 Å². The molecule has 1 fully saturated rings. The lowest BCUT2D eigenvalue weighted by Gasteiger charge is -2.51. The van der Waals surface area contributed by atoms with Gasteiger partial charge in [0.2, 0.25) is 0 Å². The zero-order chi connectivity index (χ0) is 11.9. The fourth-order valence-electron chi connectivity index (χ4n) is 3.45. The van der Waals surface area contributed by atoms with Crippen molar-refractivity contribution < 1.29 is 9.90 Å². The average Bonchev–Trinajstić information content (AvgIpc) is 2.53. The highest BCUT2D eigenvalue weighted by Gasteiger charge is 2.55. The van der Waals surface area contributed by atoms with E-state index in [1.165, 1.54) is 5.57 Å². The van der Waals surface area contributed by atoms with Crippen molar-refractivity contribution in [1.29, 1.82) is 0 Å². The summed E-state index contributed by atoms with van der Waals surface area (Å²) in [5.74, 6) is 0.965. The first-order valence-corrected chi connectivity index (χ1v) is 6.11. The van der Waals surface area contributed by atoms with Gasteiger partial charge in [0, 0.05) is 0 Å². The largest absolute Gasteiger partial charge is 0.481 e. The summed E-state index contributed by atoms with van der Waals surface area (Å²) in [7, 11) is 0. The molecule has 0 saturated heterocycles. The number of carboxylic acids is 1. The molecule has 0 unspecified atom stereocenters. The Kier molecular flexibility index (Phi) is 2.82. The van der Waals surface area contributed by atoms with Crippen LogP contribution in [0.4, 0.5) is 0 Å². The SMILES string of the molecule is CC(C)C1=C[C@@H]2[C@H](C1)C[C@]2(CN)CC(=O)O. The normalized spacial score (nSPS) is 36.9. The topological polar surface area (TPSA) is 63.3 Å². The zero-order valence-corrected chi connectivity index (χ0v) is 10.1. The molecule has 0 aromatic heterocycles. The summed E-state index contributed by atoms with van der Waals surface area (Å²) >= 11 is 0. The molecule has 0 aliphatic heterocycles. The van der Waals surface area contributed by atoms with Crippen LogP contribution in [0.3, 0.4) is 0 Å². The van der Waals surface area contributed by atoms with Gasteiger partial charge in [0.25, 0.3) is 0 Å². The molecule has 1 saturated carbocycles. The maximum absolute atomic E-state index is 10.9. The van der Waals surface area contributed by atoms with E-state index >= 15 is 0 Å². The van der Waals surface area contributed by atoms with Gasteiger partial charge in [-0.05, 0) is 42.6 Å². The smallest absolute Gasteiger partial charge is 0.303 e. The maximum Gasteiger partial charge on any atom is 0.303 e. The van der Waals surface area contributed by atoms with E-state index in [0.29, 0.717) is 24.3 Å². The minimum Gasteiger partial charge on any atom is -0.481 e. The molecule has 3 heteroatoms. The quantitative estimate of drug-likeness (QED) is 0.717. The fourth-order valence-corrected chi connectivity index (χ4v) is 3.45. The van der Waals surface area contributed by atoms with Gasteiger partial charge in [0.05, 0.1) is 6.42 Å². The first-order valence-electron chi connectivity index (χ1n) is 6.11. The third kappa shape index (κ3) is 1.67. The summed E-state index contributed by atoms with van der Waals surface area (Å²) in [6.45, 7) is 4.91. The minimum atomic E-state index is -0.713. The first-order chi connectivity index (χ1) is 7.48. The summed E-state index contributed by atoms with van der Waals surface area (Å²) in [6, 6.07) is 0. The van der Waals surface area contributed by atoms with Crippen LogP contribution >= 0.6 is 0 Å². The lowest BCUT2D eigenvalue weighted by molar-refractivity contribution is -0.144.